The average molecular weight is 251 g/mol. The summed E-state index contributed by atoms with van der Waals surface area (Å²) in [6, 6.07) is 0. The van der Waals surface area contributed by atoms with Gasteiger partial charge in [0.25, 0.3) is 0 Å². The lowest BCUT2D eigenvalue weighted by Crippen LogP contribution is -2.45. The summed E-state index contributed by atoms with van der Waals surface area (Å²) < 4.78 is 2.10. The molecule has 0 aliphatic carbocycles. The van der Waals surface area contributed by atoms with Gasteiger partial charge in [-0.1, -0.05) is 0 Å². The molecule has 1 N–H and O–H groups in total. The Morgan fingerprint density at radius 3 is 3.06 bits per heavy atom. The molecule has 0 bridgehead atoms. The normalized spacial score (nSPS) is 25.2. The fraction of sp³-hybridized carbons (Fsp3) is 0.692. The van der Waals surface area contributed by atoms with Gasteiger partial charge >= 0.3 is 5.97 Å². The largest absolute Gasteiger partial charge is 0.481 e. The summed E-state index contributed by atoms with van der Waals surface area (Å²) in [6.07, 6.45) is 5.42. The van der Waals surface area contributed by atoms with Crippen molar-refractivity contribution in [2.24, 2.45) is 5.41 Å². The first-order valence-corrected chi connectivity index (χ1v) is 6.50. The predicted molar refractivity (Wildman–Crippen MR) is 68.2 cm³/mol. The summed E-state index contributed by atoms with van der Waals surface area (Å²) in [6.45, 7) is 7.21. The molecule has 5 nitrogen and oxygen atoms in total. The van der Waals surface area contributed by atoms with Crippen molar-refractivity contribution >= 4 is 5.97 Å². The molecule has 1 atom stereocenters. The summed E-state index contributed by atoms with van der Waals surface area (Å²) in [5.41, 5.74) is 0.558. The summed E-state index contributed by atoms with van der Waals surface area (Å²) in [5.74, 6) is -0.684. The van der Waals surface area contributed by atoms with Crippen LogP contribution in [0.15, 0.2) is 12.5 Å². The lowest BCUT2D eigenvalue weighted by molar-refractivity contribution is -0.151. The van der Waals surface area contributed by atoms with Crippen LogP contribution in [-0.2, 0) is 17.9 Å². The van der Waals surface area contributed by atoms with E-state index in [4.69, 9.17) is 0 Å². The van der Waals surface area contributed by atoms with Crippen molar-refractivity contribution in [2.75, 3.05) is 13.1 Å². The molecule has 1 unspecified atom stereocenters. The number of carbonyl (C=O) groups is 1. The quantitative estimate of drug-likeness (QED) is 0.883. The fourth-order valence-corrected chi connectivity index (χ4v) is 2.65. The third kappa shape index (κ3) is 2.56. The van der Waals surface area contributed by atoms with E-state index in [9.17, 15) is 9.90 Å². The number of carboxylic acid groups (broad SMARTS) is 1. The van der Waals surface area contributed by atoms with Gasteiger partial charge in [0.05, 0.1) is 17.4 Å². The number of aryl methyl sites for hydroxylation is 1. The van der Waals surface area contributed by atoms with Gasteiger partial charge in [-0.05, 0) is 33.2 Å². The summed E-state index contributed by atoms with van der Waals surface area (Å²) in [5, 5.41) is 9.30. The van der Waals surface area contributed by atoms with Gasteiger partial charge in [-0.2, -0.15) is 0 Å². The van der Waals surface area contributed by atoms with Crippen molar-refractivity contribution in [1.82, 2.24) is 14.5 Å². The van der Waals surface area contributed by atoms with Crippen LogP contribution in [0.2, 0.25) is 0 Å². The second kappa shape index (κ2) is 5.10. The Bertz CT molecular complexity index is 430. The van der Waals surface area contributed by atoms with Gasteiger partial charge in [0.15, 0.2) is 0 Å². The Labute approximate surface area is 107 Å². The Morgan fingerprint density at radius 2 is 2.39 bits per heavy atom. The molecule has 100 valence electrons. The molecule has 1 saturated heterocycles. The van der Waals surface area contributed by atoms with Crippen molar-refractivity contribution in [3.8, 4) is 0 Å². The van der Waals surface area contributed by atoms with Gasteiger partial charge in [-0.3, -0.25) is 9.69 Å². The van der Waals surface area contributed by atoms with Crippen LogP contribution in [0.1, 0.15) is 32.4 Å². The first-order chi connectivity index (χ1) is 8.55. The number of aromatic nitrogens is 2. The molecule has 0 aromatic carbocycles. The minimum atomic E-state index is -0.684. The number of hydrogen-bond donors (Lipinski definition) is 1. The maximum Gasteiger partial charge on any atom is 0.310 e. The van der Waals surface area contributed by atoms with E-state index in [1.807, 2.05) is 19.4 Å². The highest BCUT2D eigenvalue weighted by molar-refractivity contribution is 5.74. The van der Waals surface area contributed by atoms with Gasteiger partial charge in [0.2, 0.25) is 0 Å². The minimum absolute atomic E-state index is 0.602. The highest BCUT2D eigenvalue weighted by atomic mass is 16.4. The number of piperidine rings is 1. The van der Waals surface area contributed by atoms with Gasteiger partial charge in [-0.15, -0.1) is 0 Å². The molecule has 2 heterocycles. The van der Waals surface area contributed by atoms with E-state index in [1.165, 1.54) is 0 Å². The Balaban J connectivity index is 2.04. The molecule has 1 fully saturated rings. The van der Waals surface area contributed by atoms with Crippen LogP contribution in [0.3, 0.4) is 0 Å². The van der Waals surface area contributed by atoms with E-state index >= 15 is 0 Å². The van der Waals surface area contributed by atoms with Gasteiger partial charge in [-0.25, -0.2) is 4.98 Å². The van der Waals surface area contributed by atoms with Gasteiger partial charge in [0, 0.05) is 25.8 Å². The first kappa shape index (κ1) is 13.1. The Hall–Kier alpha value is -1.36. The van der Waals surface area contributed by atoms with Crippen molar-refractivity contribution < 1.29 is 9.90 Å². The van der Waals surface area contributed by atoms with Crippen LogP contribution in [0.25, 0.3) is 0 Å². The number of likely N-dealkylation sites (tertiary alicyclic amines) is 1. The van der Waals surface area contributed by atoms with Crippen molar-refractivity contribution in [3.05, 3.63) is 18.2 Å². The third-order valence-corrected chi connectivity index (χ3v) is 3.82. The van der Waals surface area contributed by atoms with E-state index in [0.29, 0.717) is 6.54 Å². The first-order valence-electron chi connectivity index (χ1n) is 6.50. The molecule has 5 heteroatoms. The highest BCUT2D eigenvalue weighted by Crippen LogP contribution is 2.30. The second-order valence-electron chi connectivity index (χ2n) is 5.35. The molecule has 1 aromatic rings. The van der Waals surface area contributed by atoms with Crippen LogP contribution in [0.4, 0.5) is 0 Å². The monoisotopic (exact) mass is 251 g/mol. The molecule has 0 saturated carbocycles. The summed E-state index contributed by atoms with van der Waals surface area (Å²) in [4.78, 5) is 17.7. The maximum absolute atomic E-state index is 11.3. The topological polar surface area (TPSA) is 58.4 Å². The third-order valence-electron chi connectivity index (χ3n) is 3.82. The lowest BCUT2D eigenvalue weighted by Gasteiger charge is -2.37. The van der Waals surface area contributed by atoms with Gasteiger partial charge in [0.1, 0.15) is 0 Å². The molecular weight excluding hydrogens is 230 g/mol. The second-order valence-corrected chi connectivity index (χ2v) is 5.35. The van der Waals surface area contributed by atoms with E-state index in [1.54, 1.807) is 0 Å². The van der Waals surface area contributed by atoms with Crippen LogP contribution >= 0.6 is 0 Å². The standard InChI is InChI=1S/C13H21N3O2/c1-3-16-10-14-7-11(16)8-15-6-4-5-13(2,9-15)12(17)18/h7,10H,3-6,8-9H2,1-2H3,(H,17,18). The lowest BCUT2D eigenvalue weighted by atomic mass is 9.82. The van der Waals surface area contributed by atoms with Crippen LogP contribution in [0, 0.1) is 5.41 Å². The fourth-order valence-electron chi connectivity index (χ4n) is 2.65. The number of carboxylic acids is 1. The van der Waals surface area contributed by atoms with Crippen LogP contribution < -0.4 is 0 Å². The smallest absolute Gasteiger partial charge is 0.310 e. The van der Waals surface area contributed by atoms with Crippen LogP contribution in [-0.4, -0.2) is 38.6 Å². The number of hydrogen-bond acceptors (Lipinski definition) is 3. The van der Waals surface area contributed by atoms with E-state index in [0.717, 1.165) is 38.2 Å². The van der Waals surface area contributed by atoms with Crippen molar-refractivity contribution in [1.29, 1.82) is 0 Å². The summed E-state index contributed by atoms with van der Waals surface area (Å²) in [7, 11) is 0. The number of imidazole rings is 1. The molecule has 1 aromatic heterocycles. The van der Waals surface area contributed by atoms with Crippen molar-refractivity contribution in [2.45, 2.75) is 39.8 Å². The molecule has 2 rings (SSSR count). The Kier molecular flexibility index (Phi) is 3.71. The maximum atomic E-state index is 11.3. The SMILES string of the molecule is CCn1cncc1CN1CCCC(C)(C(=O)O)C1. The molecule has 18 heavy (non-hydrogen) atoms. The summed E-state index contributed by atoms with van der Waals surface area (Å²) >= 11 is 0. The van der Waals surface area contributed by atoms with E-state index < -0.39 is 11.4 Å². The molecule has 1 aliphatic rings. The molecule has 0 radical (unpaired) electrons. The minimum Gasteiger partial charge on any atom is -0.481 e. The molecule has 1 aliphatic heterocycles. The van der Waals surface area contributed by atoms with Crippen LogP contribution in [0.5, 0.6) is 0 Å². The average Bonchev–Trinajstić information content (AvgIpc) is 2.76. The molecular formula is C13H21N3O2. The number of aliphatic carboxylic acids is 1. The van der Waals surface area contributed by atoms with Crippen molar-refractivity contribution in [3.63, 3.8) is 0 Å². The highest BCUT2D eigenvalue weighted by Gasteiger charge is 2.37. The number of rotatable bonds is 4. The van der Waals surface area contributed by atoms with E-state index in [-0.39, 0.29) is 0 Å². The van der Waals surface area contributed by atoms with Gasteiger partial charge < -0.3 is 9.67 Å². The number of nitrogens with zero attached hydrogens (tertiary/aromatic N) is 3. The molecule has 0 amide bonds. The Morgan fingerprint density at radius 1 is 1.61 bits per heavy atom. The predicted octanol–water partition coefficient (Wildman–Crippen LogP) is 1.59. The molecule has 0 spiro atoms. The van der Waals surface area contributed by atoms with E-state index in [2.05, 4.69) is 21.4 Å². The zero-order valence-corrected chi connectivity index (χ0v) is 11.1. The zero-order valence-electron chi connectivity index (χ0n) is 11.1. The zero-order chi connectivity index (χ0) is 13.2.